The van der Waals surface area contributed by atoms with Crippen molar-refractivity contribution in [2.75, 3.05) is 31.2 Å². The van der Waals surface area contributed by atoms with E-state index in [9.17, 15) is 4.39 Å². The van der Waals surface area contributed by atoms with Crippen LogP contribution in [-0.4, -0.2) is 31.3 Å². The largest absolute Gasteiger partial charge is 0.378 e. The van der Waals surface area contributed by atoms with E-state index >= 15 is 0 Å². The molecule has 1 aromatic carbocycles. The van der Waals surface area contributed by atoms with Gasteiger partial charge in [-0.2, -0.15) is 4.57 Å². The van der Waals surface area contributed by atoms with Crippen LogP contribution in [0, 0.1) is 5.82 Å². The maximum absolute atomic E-state index is 14.2. The highest BCUT2D eigenvalue weighted by Crippen LogP contribution is 2.24. The minimum absolute atomic E-state index is 0.212. The Balaban J connectivity index is 2.11. The number of hydrogen-bond donors (Lipinski definition) is 0. The SMILES string of the molecule is CC[n+]1ccnc2cc(F)c(N3CCOCC3)cc21. The molecule has 4 nitrogen and oxygen atoms in total. The van der Waals surface area contributed by atoms with E-state index in [1.807, 2.05) is 17.2 Å². The highest BCUT2D eigenvalue weighted by atomic mass is 19.1. The van der Waals surface area contributed by atoms with Crippen molar-refractivity contribution in [1.82, 2.24) is 4.98 Å². The molecule has 0 unspecified atom stereocenters. The summed E-state index contributed by atoms with van der Waals surface area (Å²) in [5.74, 6) is -0.212. The molecule has 1 aliphatic rings. The summed E-state index contributed by atoms with van der Waals surface area (Å²) in [7, 11) is 0. The second kappa shape index (κ2) is 5.09. The molecule has 1 aromatic heterocycles. The van der Waals surface area contributed by atoms with Crippen LogP contribution in [0.15, 0.2) is 24.5 Å². The van der Waals surface area contributed by atoms with E-state index in [4.69, 9.17) is 4.74 Å². The summed E-state index contributed by atoms with van der Waals surface area (Å²) in [6.07, 6.45) is 3.63. The molecule has 0 radical (unpaired) electrons. The van der Waals surface area contributed by atoms with Crippen molar-refractivity contribution < 1.29 is 13.7 Å². The number of morpholine rings is 1. The first-order valence-corrected chi connectivity index (χ1v) is 6.60. The van der Waals surface area contributed by atoms with E-state index in [1.54, 1.807) is 6.20 Å². The van der Waals surface area contributed by atoms with Crippen LogP contribution in [0.2, 0.25) is 0 Å². The van der Waals surface area contributed by atoms with Crippen molar-refractivity contribution in [1.29, 1.82) is 0 Å². The van der Waals surface area contributed by atoms with Gasteiger partial charge in [-0.15, -0.1) is 0 Å². The van der Waals surface area contributed by atoms with Crippen LogP contribution in [0.3, 0.4) is 0 Å². The van der Waals surface area contributed by atoms with Gasteiger partial charge in [-0.25, -0.2) is 9.37 Å². The lowest BCUT2D eigenvalue weighted by atomic mass is 10.2. The first-order chi connectivity index (χ1) is 9.29. The summed E-state index contributed by atoms with van der Waals surface area (Å²) in [6.45, 7) is 5.67. The van der Waals surface area contributed by atoms with Crippen molar-refractivity contribution in [2.45, 2.75) is 13.5 Å². The Hall–Kier alpha value is -1.75. The first kappa shape index (κ1) is 12.3. The van der Waals surface area contributed by atoms with Crippen LogP contribution < -0.4 is 9.47 Å². The molecule has 0 spiro atoms. The highest BCUT2D eigenvalue weighted by Gasteiger charge is 2.19. The van der Waals surface area contributed by atoms with E-state index in [-0.39, 0.29) is 5.82 Å². The Labute approximate surface area is 111 Å². The lowest BCUT2D eigenvalue weighted by molar-refractivity contribution is -0.668. The fourth-order valence-electron chi connectivity index (χ4n) is 2.47. The zero-order chi connectivity index (χ0) is 13.2. The Kier molecular flexibility index (Phi) is 3.29. The second-order valence-corrected chi connectivity index (χ2v) is 4.61. The molecule has 3 rings (SSSR count). The van der Waals surface area contributed by atoms with Gasteiger partial charge in [0.15, 0.2) is 6.20 Å². The topological polar surface area (TPSA) is 29.2 Å². The number of fused-ring (bicyclic) bond motifs is 1. The smallest absolute Gasteiger partial charge is 0.233 e. The minimum Gasteiger partial charge on any atom is -0.378 e. The summed E-state index contributed by atoms with van der Waals surface area (Å²) in [5, 5.41) is 0. The Bertz CT molecular complexity index is 597. The molecule has 0 amide bonds. The highest BCUT2D eigenvalue weighted by molar-refractivity contribution is 5.76. The predicted molar refractivity (Wildman–Crippen MR) is 70.6 cm³/mol. The zero-order valence-electron chi connectivity index (χ0n) is 11.0. The number of halogens is 1. The zero-order valence-corrected chi connectivity index (χ0v) is 11.0. The van der Waals surface area contributed by atoms with E-state index in [2.05, 4.69) is 16.5 Å². The van der Waals surface area contributed by atoms with Crippen LogP contribution in [0.25, 0.3) is 11.0 Å². The summed E-state index contributed by atoms with van der Waals surface area (Å²) < 4.78 is 21.6. The minimum atomic E-state index is -0.212. The molecule has 100 valence electrons. The molecule has 0 N–H and O–H groups in total. The fraction of sp³-hybridized carbons (Fsp3) is 0.429. The number of anilines is 1. The average molecular weight is 262 g/mol. The van der Waals surface area contributed by atoms with Gasteiger partial charge >= 0.3 is 0 Å². The number of nitrogens with zero attached hydrogens (tertiary/aromatic N) is 3. The van der Waals surface area contributed by atoms with Crippen LogP contribution in [0.1, 0.15) is 6.92 Å². The predicted octanol–water partition coefficient (Wildman–Crippen LogP) is 1.52. The summed E-state index contributed by atoms with van der Waals surface area (Å²) in [5.41, 5.74) is 2.30. The third-order valence-corrected chi connectivity index (χ3v) is 3.51. The Morgan fingerprint density at radius 1 is 1.37 bits per heavy atom. The molecule has 1 fully saturated rings. The van der Waals surface area contributed by atoms with Crippen LogP contribution >= 0.6 is 0 Å². The van der Waals surface area contributed by atoms with Crippen LogP contribution in [-0.2, 0) is 11.3 Å². The van der Waals surface area contributed by atoms with E-state index in [0.29, 0.717) is 24.4 Å². The van der Waals surface area contributed by atoms with Crippen molar-refractivity contribution in [3.05, 3.63) is 30.3 Å². The van der Waals surface area contributed by atoms with E-state index in [1.165, 1.54) is 6.07 Å². The van der Waals surface area contributed by atoms with Gasteiger partial charge in [0.25, 0.3) is 0 Å². The number of aromatic nitrogens is 2. The standard InChI is InChI=1S/C14H17FN3O/c1-2-17-4-3-16-12-9-11(15)13(10-14(12)17)18-5-7-19-8-6-18/h3-4,9-10H,2,5-8H2,1H3/q+1. The summed E-state index contributed by atoms with van der Waals surface area (Å²) in [4.78, 5) is 6.27. The Morgan fingerprint density at radius 2 is 2.16 bits per heavy atom. The van der Waals surface area contributed by atoms with Crippen molar-refractivity contribution in [2.24, 2.45) is 0 Å². The third-order valence-electron chi connectivity index (χ3n) is 3.51. The van der Waals surface area contributed by atoms with Gasteiger partial charge in [0.1, 0.15) is 17.9 Å². The molecule has 1 aliphatic heterocycles. The van der Waals surface area contributed by atoms with Gasteiger partial charge in [-0.3, -0.25) is 0 Å². The third kappa shape index (κ3) is 2.26. The molecular weight excluding hydrogens is 245 g/mol. The monoisotopic (exact) mass is 262 g/mol. The maximum atomic E-state index is 14.2. The van der Waals surface area contributed by atoms with Crippen molar-refractivity contribution in [3.63, 3.8) is 0 Å². The lowest BCUT2D eigenvalue weighted by Gasteiger charge is -2.28. The number of rotatable bonds is 2. The summed E-state index contributed by atoms with van der Waals surface area (Å²) in [6, 6.07) is 3.42. The first-order valence-electron chi connectivity index (χ1n) is 6.60. The van der Waals surface area contributed by atoms with Crippen LogP contribution in [0.5, 0.6) is 0 Å². The van der Waals surface area contributed by atoms with Gasteiger partial charge in [0.05, 0.1) is 25.1 Å². The number of benzene rings is 1. The average Bonchev–Trinajstić information content (AvgIpc) is 2.46. The number of hydrogen-bond acceptors (Lipinski definition) is 3. The molecule has 0 bridgehead atoms. The molecule has 0 aliphatic carbocycles. The second-order valence-electron chi connectivity index (χ2n) is 4.61. The molecular formula is C14H17FN3O+. The number of ether oxygens (including phenoxy) is 1. The van der Waals surface area contributed by atoms with Gasteiger partial charge < -0.3 is 9.64 Å². The molecule has 2 aromatic rings. The van der Waals surface area contributed by atoms with Gasteiger partial charge in [-0.1, -0.05) is 0 Å². The van der Waals surface area contributed by atoms with E-state index < -0.39 is 0 Å². The number of aryl methyl sites for hydroxylation is 1. The Morgan fingerprint density at radius 3 is 2.89 bits per heavy atom. The molecule has 19 heavy (non-hydrogen) atoms. The van der Waals surface area contributed by atoms with Gasteiger partial charge in [0, 0.05) is 25.2 Å². The maximum Gasteiger partial charge on any atom is 0.233 e. The van der Waals surface area contributed by atoms with Gasteiger partial charge in [0.2, 0.25) is 5.52 Å². The molecule has 2 heterocycles. The van der Waals surface area contributed by atoms with Crippen molar-refractivity contribution >= 4 is 16.7 Å². The normalized spacial score (nSPS) is 16.0. The quantitative estimate of drug-likeness (QED) is 0.768. The van der Waals surface area contributed by atoms with E-state index in [0.717, 1.165) is 25.2 Å². The summed E-state index contributed by atoms with van der Waals surface area (Å²) >= 11 is 0. The molecule has 5 heteroatoms. The molecule has 0 saturated carbocycles. The van der Waals surface area contributed by atoms with Gasteiger partial charge in [-0.05, 0) is 6.92 Å². The van der Waals surface area contributed by atoms with Crippen LogP contribution in [0.4, 0.5) is 10.1 Å². The molecule has 1 saturated heterocycles. The fourth-order valence-corrected chi connectivity index (χ4v) is 2.47. The molecule has 0 atom stereocenters. The lowest BCUT2D eigenvalue weighted by Crippen LogP contribution is -2.37. The van der Waals surface area contributed by atoms with Crippen molar-refractivity contribution in [3.8, 4) is 0 Å².